The molecule has 2 nitrogen and oxygen atoms in total. The van der Waals surface area contributed by atoms with E-state index in [9.17, 15) is 4.39 Å². The molecule has 1 heterocycles. The first-order valence-corrected chi connectivity index (χ1v) is 5.63. The normalized spacial score (nSPS) is 10.1. The lowest BCUT2D eigenvalue weighted by Crippen LogP contribution is -2.02. The molecule has 0 unspecified atom stereocenters. The second-order valence-electron chi connectivity index (χ2n) is 3.30. The maximum atomic E-state index is 13.3. The van der Waals surface area contributed by atoms with Crippen LogP contribution in [0.4, 0.5) is 10.1 Å². The molecule has 4 heteroatoms. The molecule has 0 aliphatic carbocycles. The zero-order valence-electron chi connectivity index (χ0n) is 8.45. The standard InChI is InChI=1S/C12H10BrFN2/c13-10-8-15-6-5-12(10)16-7-9-3-1-2-4-11(9)14/h1-6,8H,7H2,(H,15,16). The molecule has 0 fully saturated rings. The molecule has 0 saturated carbocycles. The Morgan fingerprint density at radius 3 is 2.81 bits per heavy atom. The van der Waals surface area contributed by atoms with Gasteiger partial charge in [0, 0.05) is 24.5 Å². The van der Waals surface area contributed by atoms with E-state index in [1.54, 1.807) is 24.5 Å². The minimum absolute atomic E-state index is 0.194. The van der Waals surface area contributed by atoms with Gasteiger partial charge in [-0.15, -0.1) is 0 Å². The van der Waals surface area contributed by atoms with Crippen molar-refractivity contribution >= 4 is 21.6 Å². The van der Waals surface area contributed by atoms with E-state index in [2.05, 4.69) is 26.2 Å². The summed E-state index contributed by atoms with van der Waals surface area (Å²) in [4.78, 5) is 3.96. The third kappa shape index (κ3) is 2.58. The molecule has 2 aromatic rings. The van der Waals surface area contributed by atoms with Crippen molar-refractivity contribution in [3.8, 4) is 0 Å². The predicted octanol–water partition coefficient (Wildman–Crippen LogP) is 3.60. The van der Waals surface area contributed by atoms with Crippen molar-refractivity contribution in [3.05, 3.63) is 58.6 Å². The molecule has 2 rings (SSSR count). The van der Waals surface area contributed by atoms with Gasteiger partial charge in [-0.2, -0.15) is 0 Å². The second kappa shape index (κ2) is 5.07. The predicted molar refractivity (Wildman–Crippen MR) is 65.7 cm³/mol. The Hall–Kier alpha value is -1.42. The highest BCUT2D eigenvalue weighted by Gasteiger charge is 2.02. The number of nitrogens with one attached hydrogen (secondary N) is 1. The summed E-state index contributed by atoms with van der Waals surface area (Å²) in [5, 5.41) is 3.14. The Bertz CT molecular complexity index is 442. The quantitative estimate of drug-likeness (QED) is 0.929. The Morgan fingerprint density at radius 1 is 1.25 bits per heavy atom. The van der Waals surface area contributed by atoms with Crippen molar-refractivity contribution in [1.29, 1.82) is 0 Å². The number of hydrogen-bond acceptors (Lipinski definition) is 2. The fourth-order valence-electron chi connectivity index (χ4n) is 1.35. The molecule has 0 saturated heterocycles. The smallest absolute Gasteiger partial charge is 0.128 e. The highest BCUT2D eigenvalue weighted by molar-refractivity contribution is 9.10. The van der Waals surface area contributed by atoms with Crippen molar-refractivity contribution < 1.29 is 4.39 Å². The van der Waals surface area contributed by atoms with Crippen LogP contribution < -0.4 is 5.32 Å². The summed E-state index contributed by atoms with van der Waals surface area (Å²) < 4.78 is 14.2. The van der Waals surface area contributed by atoms with E-state index in [0.29, 0.717) is 12.1 Å². The number of hydrogen-bond donors (Lipinski definition) is 1. The Morgan fingerprint density at radius 2 is 2.06 bits per heavy atom. The SMILES string of the molecule is Fc1ccccc1CNc1ccncc1Br. The maximum absolute atomic E-state index is 13.3. The molecule has 1 N–H and O–H groups in total. The van der Waals surface area contributed by atoms with E-state index in [0.717, 1.165) is 10.2 Å². The number of nitrogens with zero attached hydrogens (tertiary/aromatic N) is 1. The van der Waals surface area contributed by atoms with Crippen LogP contribution in [0.5, 0.6) is 0 Å². The number of rotatable bonds is 3. The van der Waals surface area contributed by atoms with E-state index < -0.39 is 0 Å². The molecule has 1 aromatic carbocycles. The Kier molecular flexibility index (Phi) is 3.51. The van der Waals surface area contributed by atoms with Crippen LogP contribution in [-0.4, -0.2) is 4.98 Å². The fourth-order valence-corrected chi connectivity index (χ4v) is 1.74. The van der Waals surface area contributed by atoms with Gasteiger partial charge in [0.25, 0.3) is 0 Å². The van der Waals surface area contributed by atoms with Gasteiger partial charge in [0.2, 0.25) is 0 Å². The second-order valence-corrected chi connectivity index (χ2v) is 4.15. The highest BCUT2D eigenvalue weighted by Crippen LogP contribution is 2.20. The zero-order chi connectivity index (χ0) is 11.4. The van der Waals surface area contributed by atoms with Crippen LogP contribution >= 0.6 is 15.9 Å². The van der Waals surface area contributed by atoms with Crippen molar-refractivity contribution in [2.75, 3.05) is 5.32 Å². The number of benzene rings is 1. The van der Waals surface area contributed by atoms with E-state index >= 15 is 0 Å². The highest BCUT2D eigenvalue weighted by atomic mass is 79.9. The molecule has 0 amide bonds. The van der Waals surface area contributed by atoms with Gasteiger partial charge < -0.3 is 5.32 Å². The first-order valence-electron chi connectivity index (χ1n) is 4.84. The van der Waals surface area contributed by atoms with Gasteiger partial charge in [0.15, 0.2) is 0 Å². The van der Waals surface area contributed by atoms with Crippen molar-refractivity contribution in [2.24, 2.45) is 0 Å². The molecule has 0 radical (unpaired) electrons. The summed E-state index contributed by atoms with van der Waals surface area (Å²) in [5.74, 6) is -0.194. The van der Waals surface area contributed by atoms with Gasteiger partial charge in [-0.05, 0) is 28.1 Å². The van der Waals surface area contributed by atoms with Crippen molar-refractivity contribution in [3.63, 3.8) is 0 Å². The van der Waals surface area contributed by atoms with E-state index in [4.69, 9.17) is 0 Å². The number of anilines is 1. The van der Waals surface area contributed by atoms with E-state index in [1.807, 2.05) is 12.1 Å². The molecular weight excluding hydrogens is 271 g/mol. The fraction of sp³-hybridized carbons (Fsp3) is 0.0833. The Labute approximate surface area is 102 Å². The number of halogens is 2. The largest absolute Gasteiger partial charge is 0.380 e. The topological polar surface area (TPSA) is 24.9 Å². The van der Waals surface area contributed by atoms with Crippen LogP contribution in [0.3, 0.4) is 0 Å². The molecule has 1 aromatic heterocycles. The molecule has 0 aliphatic heterocycles. The summed E-state index contributed by atoms with van der Waals surface area (Å²) in [6.07, 6.45) is 3.39. The van der Waals surface area contributed by atoms with Gasteiger partial charge in [0.1, 0.15) is 5.82 Å². The molecule has 16 heavy (non-hydrogen) atoms. The number of pyridine rings is 1. The lowest BCUT2D eigenvalue weighted by atomic mass is 10.2. The minimum Gasteiger partial charge on any atom is -0.380 e. The summed E-state index contributed by atoms with van der Waals surface area (Å²) in [7, 11) is 0. The maximum Gasteiger partial charge on any atom is 0.128 e. The molecule has 0 aliphatic rings. The van der Waals surface area contributed by atoms with Crippen LogP contribution in [0, 0.1) is 5.82 Å². The van der Waals surface area contributed by atoms with Crippen LogP contribution in [0.15, 0.2) is 47.2 Å². The van der Waals surface area contributed by atoms with Gasteiger partial charge in [-0.3, -0.25) is 4.98 Å². The van der Waals surface area contributed by atoms with Gasteiger partial charge in [-0.25, -0.2) is 4.39 Å². The first-order chi connectivity index (χ1) is 7.77. The van der Waals surface area contributed by atoms with Crippen LogP contribution in [0.2, 0.25) is 0 Å². The molecule has 82 valence electrons. The average molecular weight is 281 g/mol. The van der Waals surface area contributed by atoms with E-state index in [-0.39, 0.29) is 5.82 Å². The third-order valence-electron chi connectivity index (χ3n) is 2.20. The Balaban J connectivity index is 2.09. The minimum atomic E-state index is -0.194. The zero-order valence-corrected chi connectivity index (χ0v) is 10.0. The van der Waals surface area contributed by atoms with Crippen LogP contribution in [0.1, 0.15) is 5.56 Å². The van der Waals surface area contributed by atoms with Crippen molar-refractivity contribution in [1.82, 2.24) is 4.98 Å². The average Bonchev–Trinajstić information content (AvgIpc) is 2.30. The molecular formula is C12H10BrFN2. The summed E-state index contributed by atoms with van der Waals surface area (Å²) in [6, 6.07) is 8.56. The van der Waals surface area contributed by atoms with Crippen LogP contribution in [-0.2, 0) is 6.54 Å². The van der Waals surface area contributed by atoms with E-state index in [1.165, 1.54) is 6.07 Å². The third-order valence-corrected chi connectivity index (χ3v) is 2.83. The number of aromatic nitrogens is 1. The van der Waals surface area contributed by atoms with Gasteiger partial charge in [-0.1, -0.05) is 18.2 Å². The van der Waals surface area contributed by atoms with Gasteiger partial charge in [0.05, 0.1) is 10.2 Å². The lowest BCUT2D eigenvalue weighted by Gasteiger charge is -2.08. The van der Waals surface area contributed by atoms with Gasteiger partial charge >= 0.3 is 0 Å². The van der Waals surface area contributed by atoms with Crippen molar-refractivity contribution in [2.45, 2.75) is 6.54 Å². The molecule has 0 atom stereocenters. The summed E-state index contributed by atoms with van der Waals surface area (Å²) in [6.45, 7) is 0.454. The lowest BCUT2D eigenvalue weighted by molar-refractivity contribution is 0.613. The van der Waals surface area contributed by atoms with Crippen LogP contribution in [0.25, 0.3) is 0 Å². The molecule has 0 spiro atoms. The summed E-state index contributed by atoms with van der Waals surface area (Å²) >= 11 is 3.37. The monoisotopic (exact) mass is 280 g/mol. The summed E-state index contributed by atoms with van der Waals surface area (Å²) in [5.41, 5.74) is 1.55. The molecule has 0 bridgehead atoms. The first kappa shape index (κ1) is 11.1.